The summed E-state index contributed by atoms with van der Waals surface area (Å²) in [6.45, 7) is 1.38. The molecule has 0 saturated heterocycles. The van der Waals surface area contributed by atoms with Crippen LogP contribution >= 0.6 is 0 Å². The van der Waals surface area contributed by atoms with Crippen molar-refractivity contribution in [3.8, 4) is 0 Å². The van der Waals surface area contributed by atoms with Crippen LogP contribution in [0.2, 0.25) is 0 Å². The van der Waals surface area contributed by atoms with Crippen molar-refractivity contribution in [1.29, 1.82) is 0 Å². The van der Waals surface area contributed by atoms with Crippen molar-refractivity contribution in [2.75, 3.05) is 5.32 Å². The molecule has 0 saturated carbocycles. The van der Waals surface area contributed by atoms with Gasteiger partial charge in [0.1, 0.15) is 5.52 Å². The first-order chi connectivity index (χ1) is 12.9. The Morgan fingerprint density at radius 2 is 1.96 bits per heavy atom. The van der Waals surface area contributed by atoms with E-state index in [0.717, 1.165) is 12.1 Å². The number of rotatable bonds is 6. The highest BCUT2D eigenvalue weighted by Crippen LogP contribution is 2.16. The zero-order valence-corrected chi connectivity index (χ0v) is 14.4. The Hall–Kier alpha value is -3.29. The summed E-state index contributed by atoms with van der Waals surface area (Å²) in [6.07, 6.45) is -0.894. The summed E-state index contributed by atoms with van der Waals surface area (Å²) in [5, 5.41) is 2.35. The summed E-state index contributed by atoms with van der Waals surface area (Å²) >= 11 is 0. The van der Waals surface area contributed by atoms with Crippen LogP contribution in [0, 0.1) is 11.6 Å². The van der Waals surface area contributed by atoms with Crippen LogP contribution < -0.4 is 5.32 Å². The van der Waals surface area contributed by atoms with Crippen molar-refractivity contribution in [2.24, 2.45) is 0 Å². The number of nitrogens with zero attached hydrogens (tertiary/aromatic N) is 1. The van der Waals surface area contributed by atoms with E-state index in [4.69, 9.17) is 9.15 Å². The van der Waals surface area contributed by atoms with Crippen molar-refractivity contribution < 1.29 is 27.5 Å². The van der Waals surface area contributed by atoms with Gasteiger partial charge >= 0.3 is 5.97 Å². The summed E-state index contributed by atoms with van der Waals surface area (Å²) in [6, 6.07) is 10.2. The minimum Gasteiger partial charge on any atom is -0.453 e. The van der Waals surface area contributed by atoms with Crippen molar-refractivity contribution in [3.63, 3.8) is 0 Å². The van der Waals surface area contributed by atoms with Gasteiger partial charge in [-0.2, -0.15) is 0 Å². The van der Waals surface area contributed by atoms with Crippen LogP contribution in [0.1, 0.15) is 19.2 Å². The zero-order chi connectivity index (χ0) is 19.4. The summed E-state index contributed by atoms with van der Waals surface area (Å²) in [5.74, 6) is -2.98. The van der Waals surface area contributed by atoms with E-state index >= 15 is 0 Å². The number of carbonyl (C=O) groups excluding carboxylic acids is 2. The van der Waals surface area contributed by atoms with E-state index in [1.54, 1.807) is 12.1 Å². The van der Waals surface area contributed by atoms with Gasteiger partial charge in [0.2, 0.25) is 0 Å². The Bertz CT molecular complexity index is 954. The predicted molar refractivity (Wildman–Crippen MR) is 92.9 cm³/mol. The molecular formula is C19H16F2N2O4. The quantitative estimate of drug-likeness (QED) is 0.667. The largest absolute Gasteiger partial charge is 0.453 e. The van der Waals surface area contributed by atoms with Gasteiger partial charge in [0.15, 0.2) is 29.2 Å². The summed E-state index contributed by atoms with van der Waals surface area (Å²) in [4.78, 5) is 28.2. The fourth-order valence-corrected chi connectivity index (χ4v) is 2.36. The van der Waals surface area contributed by atoms with Crippen LogP contribution in [-0.4, -0.2) is 23.0 Å². The predicted octanol–water partition coefficient (Wildman–Crippen LogP) is 3.61. The molecule has 3 aromatic rings. The molecule has 0 bridgehead atoms. The third kappa shape index (κ3) is 4.66. The van der Waals surface area contributed by atoms with Gasteiger partial charge in [0.25, 0.3) is 5.91 Å². The van der Waals surface area contributed by atoms with E-state index in [9.17, 15) is 18.4 Å². The van der Waals surface area contributed by atoms with E-state index in [0.29, 0.717) is 17.0 Å². The first kappa shape index (κ1) is 18.5. The molecule has 140 valence electrons. The number of ether oxygens (including phenoxy) is 1. The molecule has 1 atom stereocenters. The number of hydrogen-bond acceptors (Lipinski definition) is 5. The molecule has 0 radical (unpaired) electrons. The van der Waals surface area contributed by atoms with Gasteiger partial charge in [-0.1, -0.05) is 12.1 Å². The molecule has 0 aliphatic carbocycles. The number of para-hydroxylation sites is 2. The average Bonchev–Trinajstić information content (AvgIpc) is 3.06. The number of fused-ring (bicyclic) bond motifs is 1. The maximum Gasteiger partial charge on any atom is 0.307 e. The molecule has 0 aliphatic heterocycles. The van der Waals surface area contributed by atoms with Crippen LogP contribution in [0.4, 0.5) is 14.5 Å². The molecule has 1 N–H and O–H groups in total. The molecular weight excluding hydrogens is 358 g/mol. The monoisotopic (exact) mass is 374 g/mol. The molecule has 3 rings (SSSR count). The number of aryl methyl sites for hydroxylation is 1. The van der Waals surface area contributed by atoms with E-state index in [2.05, 4.69) is 10.3 Å². The minimum atomic E-state index is -1.10. The van der Waals surface area contributed by atoms with Gasteiger partial charge in [-0.25, -0.2) is 13.8 Å². The Kier molecular flexibility index (Phi) is 5.44. The van der Waals surface area contributed by atoms with Crippen LogP contribution in [0.15, 0.2) is 46.9 Å². The van der Waals surface area contributed by atoms with E-state index in [1.165, 1.54) is 13.0 Å². The van der Waals surface area contributed by atoms with Crippen LogP contribution in [0.5, 0.6) is 0 Å². The first-order valence-electron chi connectivity index (χ1n) is 8.22. The third-order valence-electron chi connectivity index (χ3n) is 3.75. The van der Waals surface area contributed by atoms with Crippen molar-refractivity contribution in [2.45, 2.75) is 25.9 Å². The number of carbonyl (C=O) groups is 2. The molecule has 1 amide bonds. The summed E-state index contributed by atoms with van der Waals surface area (Å²) in [7, 11) is 0. The first-order valence-corrected chi connectivity index (χ1v) is 8.22. The van der Waals surface area contributed by atoms with Crippen LogP contribution in [0.25, 0.3) is 11.1 Å². The van der Waals surface area contributed by atoms with Crippen molar-refractivity contribution in [3.05, 3.63) is 60.0 Å². The second-order valence-corrected chi connectivity index (χ2v) is 5.83. The lowest BCUT2D eigenvalue weighted by molar-refractivity contribution is -0.153. The maximum absolute atomic E-state index is 13.2. The number of aromatic nitrogens is 1. The lowest BCUT2D eigenvalue weighted by atomic mass is 10.2. The molecule has 0 spiro atoms. The molecule has 1 heterocycles. The molecule has 8 heteroatoms. The standard InChI is InChI=1S/C19H16F2N2O4/c1-11(19(25)22-12-6-7-13(20)14(21)10-12)26-18(24)9-8-17-23-15-4-2-3-5-16(15)27-17/h2-7,10-11H,8-9H2,1H3,(H,22,25)/t11-/m0/s1. The van der Waals surface area contributed by atoms with Crippen LogP contribution in [0.3, 0.4) is 0 Å². The average molecular weight is 374 g/mol. The number of hydrogen-bond donors (Lipinski definition) is 1. The van der Waals surface area contributed by atoms with Gasteiger partial charge in [-0.15, -0.1) is 0 Å². The van der Waals surface area contributed by atoms with E-state index in [-0.39, 0.29) is 18.5 Å². The number of amides is 1. The lowest BCUT2D eigenvalue weighted by Gasteiger charge is -2.13. The van der Waals surface area contributed by atoms with Crippen molar-refractivity contribution in [1.82, 2.24) is 4.98 Å². The van der Waals surface area contributed by atoms with Crippen molar-refractivity contribution >= 4 is 28.7 Å². The fraction of sp³-hybridized carbons (Fsp3) is 0.211. The number of oxazole rings is 1. The highest BCUT2D eigenvalue weighted by Gasteiger charge is 2.19. The number of nitrogens with one attached hydrogen (secondary N) is 1. The number of benzene rings is 2. The Balaban J connectivity index is 1.50. The highest BCUT2D eigenvalue weighted by atomic mass is 19.2. The number of halogens is 2. The van der Waals surface area contributed by atoms with Gasteiger partial charge in [-0.05, 0) is 31.2 Å². The van der Waals surface area contributed by atoms with Gasteiger partial charge in [-0.3, -0.25) is 9.59 Å². The molecule has 1 aromatic heterocycles. The molecule has 2 aromatic carbocycles. The van der Waals surface area contributed by atoms with E-state index < -0.39 is 29.6 Å². The SMILES string of the molecule is C[C@H](OC(=O)CCc1nc2ccccc2o1)C(=O)Nc1ccc(F)c(F)c1. The highest BCUT2D eigenvalue weighted by molar-refractivity contribution is 5.95. The summed E-state index contributed by atoms with van der Waals surface area (Å²) in [5.41, 5.74) is 1.38. The molecule has 0 aliphatic rings. The maximum atomic E-state index is 13.2. The van der Waals surface area contributed by atoms with Gasteiger partial charge in [0.05, 0.1) is 6.42 Å². The second-order valence-electron chi connectivity index (χ2n) is 5.83. The Morgan fingerprint density at radius 1 is 1.19 bits per heavy atom. The topological polar surface area (TPSA) is 81.4 Å². The zero-order valence-electron chi connectivity index (χ0n) is 14.4. The lowest BCUT2D eigenvalue weighted by Crippen LogP contribution is -2.30. The third-order valence-corrected chi connectivity index (χ3v) is 3.75. The summed E-state index contributed by atoms with van der Waals surface area (Å²) < 4.78 is 36.6. The minimum absolute atomic E-state index is 0.0182. The van der Waals surface area contributed by atoms with E-state index in [1.807, 2.05) is 12.1 Å². The second kappa shape index (κ2) is 7.94. The molecule has 0 fully saturated rings. The fourth-order valence-electron chi connectivity index (χ4n) is 2.36. The number of anilines is 1. The Labute approximate surface area is 153 Å². The smallest absolute Gasteiger partial charge is 0.307 e. The number of esters is 1. The van der Waals surface area contributed by atoms with Crippen LogP contribution in [-0.2, 0) is 20.7 Å². The molecule has 0 unspecified atom stereocenters. The molecule has 27 heavy (non-hydrogen) atoms. The van der Waals surface area contributed by atoms with Gasteiger partial charge < -0.3 is 14.5 Å². The normalized spacial score (nSPS) is 12.0. The van der Waals surface area contributed by atoms with Gasteiger partial charge in [0, 0.05) is 18.2 Å². The molecule has 6 nitrogen and oxygen atoms in total. The Morgan fingerprint density at radius 3 is 2.70 bits per heavy atom.